The van der Waals surface area contributed by atoms with E-state index in [0.29, 0.717) is 28.7 Å². The zero-order chi connectivity index (χ0) is 14.1. The van der Waals surface area contributed by atoms with Crippen LogP contribution in [0.3, 0.4) is 0 Å². The van der Waals surface area contributed by atoms with Crippen LogP contribution in [0.25, 0.3) is 11.3 Å². The summed E-state index contributed by atoms with van der Waals surface area (Å²) in [4.78, 5) is 4.21. The summed E-state index contributed by atoms with van der Waals surface area (Å²) in [5.74, 6) is 1.56. The molecule has 4 nitrogen and oxygen atoms in total. The molecule has 0 unspecified atom stereocenters. The second-order valence-corrected chi connectivity index (χ2v) is 4.96. The van der Waals surface area contributed by atoms with E-state index in [1.54, 1.807) is 6.07 Å². The molecule has 20 heavy (non-hydrogen) atoms. The SMILES string of the molecule is COc1cc(F)c(-c2ocnc2CC2CC2)cc1OC. The fourth-order valence-electron chi connectivity index (χ4n) is 2.26. The summed E-state index contributed by atoms with van der Waals surface area (Å²) in [6.45, 7) is 0. The molecule has 106 valence electrons. The standard InChI is InChI=1S/C15H16FNO3/c1-18-13-6-10(11(16)7-14(13)19-2)15-12(17-8-20-15)5-9-3-4-9/h6-9H,3-5H2,1-2H3. The van der Waals surface area contributed by atoms with Gasteiger partial charge in [0.25, 0.3) is 0 Å². The first-order chi connectivity index (χ1) is 9.72. The molecule has 1 aromatic heterocycles. The number of ether oxygens (including phenoxy) is 2. The molecule has 1 aliphatic carbocycles. The van der Waals surface area contributed by atoms with Crippen molar-refractivity contribution in [2.75, 3.05) is 14.2 Å². The van der Waals surface area contributed by atoms with Crippen molar-refractivity contribution in [2.45, 2.75) is 19.3 Å². The number of rotatable bonds is 5. The van der Waals surface area contributed by atoms with E-state index in [0.717, 1.165) is 12.1 Å². The number of benzene rings is 1. The van der Waals surface area contributed by atoms with Crippen LogP contribution < -0.4 is 9.47 Å². The van der Waals surface area contributed by atoms with Gasteiger partial charge in [0.1, 0.15) is 5.82 Å². The largest absolute Gasteiger partial charge is 0.493 e. The van der Waals surface area contributed by atoms with Crippen molar-refractivity contribution in [3.8, 4) is 22.8 Å². The van der Waals surface area contributed by atoms with Gasteiger partial charge in [0, 0.05) is 6.07 Å². The van der Waals surface area contributed by atoms with Gasteiger partial charge in [-0.15, -0.1) is 0 Å². The number of halogens is 1. The van der Waals surface area contributed by atoms with Crippen molar-refractivity contribution in [1.29, 1.82) is 0 Å². The van der Waals surface area contributed by atoms with Crippen molar-refractivity contribution in [3.63, 3.8) is 0 Å². The summed E-state index contributed by atoms with van der Waals surface area (Å²) in [5.41, 5.74) is 1.16. The highest BCUT2D eigenvalue weighted by molar-refractivity contribution is 5.65. The average molecular weight is 277 g/mol. The van der Waals surface area contributed by atoms with E-state index in [-0.39, 0.29) is 0 Å². The van der Waals surface area contributed by atoms with Crippen molar-refractivity contribution in [1.82, 2.24) is 4.98 Å². The Morgan fingerprint density at radius 3 is 2.60 bits per heavy atom. The van der Waals surface area contributed by atoms with E-state index >= 15 is 0 Å². The second kappa shape index (κ2) is 5.15. The maximum atomic E-state index is 14.2. The molecule has 0 radical (unpaired) electrons. The molecule has 0 amide bonds. The molecule has 5 heteroatoms. The molecule has 1 aromatic carbocycles. The predicted molar refractivity (Wildman–Crippen MR) is 71.4 cm³/mol. The van der Waals surface area contributed by atoms with Crippen LogP contribution >= 0.6 is 0 Å². The lowest BCUT2D eigenvalue weighted by molar-refractivity contribution is 0.352. The summed E-state index contributed by atoms with van der Waals surface area (Å²) in [5, 5.41) is 0. The lowest BCUT2D eigenvalue weighted by Gasteiger charge is -2.10. The van der Waals surface area contributed by atoms with Gasteiger partial charge in [-0.3, -0.25) is 0 Å². The van der Waals surface area contributed by atoms with E-state index in [1.165, 1.54) is 39.5 Å². The van der Waals surface area contributed by atoms with Gasteiger partial charge in [0.15, 0.2) is 23.7 Å². The third-order valence-corrected chi connectivity index (χ3v) is 3.54. The molecule has 1 aliphatic rings. The molecular weight excluding hydrogens is 261 g/mol. The summed E-state index contributed by atoms with van der Waals surface area (Å²) >= 11 is 0. The molecule has 0 N–H and O–H groups in total. The Hall–Kier alpha value is -2.04. The first kappa shape index (κ1) is 13.0. The average Bonchev–Trinajstić information content (AvgIpc) is 3.15. The first-order valence-electron chi connectivity index (χ1n) is 6.57. The Labute approximate surface area is 116 Å². The van der Waals surface area contributed by atoms with Gasteiger partial charge < -0.3 is 13.9 Å². The number of hydrogen-bond acceptors (Lipinski definition) is 4. The summed E-state index contributed by atoms with van der Waals surface area (Å²) in [6, 6.07) is 2.89. The smallest absolute Gasteiger partial charge is 0.181 e. The highest BCUT2D eigenvalue weighted by Gasteiger charge is 2.26. The van der Waals surface area contributed by atoms with Gasteiger partial charge in [-0.1, -0.05) is 0 Å². The molecule has 0 bridgehead atoms. The highest BCUT2D eigenvalue weighted by atomic mass is 19.1. The minimum atomic E-state index is -0.406. The van der Waals surface area contributed by atoms with Crippen LogP contribution in [0.1, 0.15) is 18.5 Å². The van der Waals surface area contributed by atoms with Crippen LogP contribution in [0.5, 0.6) is 11.5 Å². The number of nitrogens with zero attached hydrogens (tertiary/aromatic N) is 1. The minimum Gasteiger partial charge on any atom is -0.493 e. The van der Waals surface area contributed by atoms with E-state index in [4.69, 9.17) is 13.9 Å². The van der Waals surface area contributed by atoms with Gasteiger partial charge in [-0.2, -0.15) is 0 Å². The van der Waals surface area contributed by atoms with Crippen LogP contribution in [-0.4, -0.2) is 19.2 Å². The number of methoxy groups -OCH3 is 2. The summed E-state index contributed by atoms with van der Waals surface area (Å²) < 4.78 is 29.9. The van der Waals surface area contributed by atoms with Crippen LogP contribution in [-0.2, 0) is 6.42 Å². The molecule has 0 atom stereocenters. The quantitative estimate of drug-likeness (QED) is 0.839. The van der Waals surface area contributed by atoms with Gasteiger partial charge in [0.2, 0.25) is 0 Å². The van der Waals surface area contributed by atoms with Gasteiger partial charge in [-0.05, 0) is 31.2 Å². The molecule has 3 rings (SSSR count). The Morgan fingerprint density at radius 1 is 1.25 bits per heavy atom. The van der Waals surface area contributed by atoms with Crippen LogP contribution in [0.4, 0.5) is 4.39 Å². The van der Waals surface area contributed by atoms with E-state index in [2.05, 4.69) is 4.98 Å². The normalized spacial score (nSPS) is 14.3. The fourth-order valence-corrected chi connectivity index (χ4v) is 2.26. The number of oxazole rings is 1. The highest BCUT2D eigenvalue weighted by Crippen LogP contribution is 2.39. The lowest BCUT2D eigenvalue weighted by atomic mass is 10.1. The Balaban J connectivity index is 2.02. The molecule has 0 spiro atoms. The third-order valence-electron chi connectivity index (χ3n) is 3.54. The topological polar surface area (TPSA) is 44.5 Å². The molecule has 1 heterocycles. The minimum absolute atomic E-state index is 0.357. The lowest BCUT2D eigenvalue weighted by Crippen LogP contribution is -1.96. The van der Waals surface area contributed by atoms with E-state index in [1.807, 2.05) is 0 Å². The van der Waals surface area contributed by atoms with Crippen molar-refractivity contribution < 1.29 is 18.3 Å². The molecule has 0 aliphatic heterocycles. The third kappa shape index (κ3) is 2.35. The zero-order valence-electron chi connectivity index (χ0n) is 11.5. The maximum Gasteiger partial charge on any atom is 0.181 e. The van der Waals surface area contributed by atoms with Crippen LogP contribution in [0, 0.1) is 11.7 Å². The monoisotopic (exact) mass is 277 g/mol. The van der Waals surface area contributed by atoms with Gasteiger partial charge in [0.05, 0.1) is 25.5 Å². The first-order valence-corrected chi connectivity index (χ1v) is 6.57. The Morgan fingerprint density at radius 2 is 1.95 bits per heavy atom. The summed E-state index contributed by atoms with van der Waals surface area (Å²) in [6.07, 6.45) is 4.62. The molecular formula is C15H16FNO3. The summed E-state index contributed by atoms with van der Waals surface area (Å²) in [7, 11) is 3.00. The number of hydrogen-bond donors (Lipinski definition) is 0. The Kier molecular flexibility index (Phi) is 3.34. The van der Waals surface area contributed by atoms with E-state index < -0.39 is 5.82 Å². The fraction of sp³-hybridized carbons (Fsp3) is 0.400. The molecule has 0 saturated heterocycles. The van der Waals surface area contributed by atoms with Gasteiger partial charge in [-0.25, -0.2) is 9.37 Å². The number of aromatic nitrogens is 1. The molecule has 1 fully saturated rings. The second-order valence-electron chi connectivity index (χ2n) is 4.96. The zero-order valence-corrected chi connectivity index (χ0v) is 11.5. The van der Waals surface area contributed by atoms with Crippen molar-refractivity contribution >= 4 is 0 Å². The van der Waals surface area contributed by atoms with Crippen molar-refractivity contribution in [3.05, 3.63) is 30.0 Å². The molecule has 1 saturated carbocycles. The maximum absolute atomic E-state index is 14.2. The molecule has 2 aromatic rings. The van der Waals surface area contributed by atoms with Crippen molar-refractivity contribution in [2.24, 2.45) is 5.92 Å². The van der Waals surface area contributed by atoms with Crippen LogP contribution in [0.2, 0.25) is 0 Å². The van der Waals surface area contributed by atoms with Gasteiger partial charge >= 0.3 is 0 Å². The van der Waals surface area contributed by atoms with Crippen LogP contribution in [0.15, 0.2) is 22.9 Å². The predicted octanol–water partition coefficient (Wildman–Crippen LogP) is 3.45. The van der Waals surface area contributed by atoms with E-state index in [9.17, 15) is 4.39 Å². The Bertz CT molecular complexity index is 620.